The van der Waals surface area contributed by atoms with Gasteiger partial charge >= 0.3 is 0 Å². The maximum Gasteiger partial charge on any atom is 0.269 e. The molecule has 0 aromatic heterocycles. The van der Waals surface area contributed by atoms with Gasteiger partial charge in [-0.05, 0) is 23.4 Å². The van der Waals surface area contributed by atoms with Gasteiger partial charge in [0.2, 0.25) is 0 Å². The van der Waals surface area contributed by atoms with Crippen molar-refractivity contribution in [2.45, 2.75) is 11.8 Å². The molecule has 0 spiro atoms. The minimum absolute atomic E-state index is 0.0484. The Morgan fingerprint density at radius 2 is 1.76 bits per heavy atom. The van der Waals surface area contributed by atoms with Gasteiger partial charge in [-0.2, -0.15) is 0 Å². The largest absolute Gasteiger partial charge is 0.386 e. The molecule has 0 radical (unpaired) electrons. The molecule has 0 aliphatic rings. The third-order valence-electron chi connectivity index (χ3n) is 3.90. The molecule has 0 heterocycles. The Balaban J connectivity index is 1.80. The predicted octanol–water partition coefficient (Wildman–Crippen LogP) is 4.59. The summed E-state index contributed by atoms with van der Waals surface area (Å²) in [4.78, 5) is 14.7. The van der Waals surface area contributed by atoms with E-state index in [2.05, 4.69) is 4.99 Å². The number of amidine groups is 1. The third kappa shape index (κ3) is 3.95. The minimum atomic E-state index is -0.500. The Hall–Kier alpha value is -2.92. The Kier molecular flexibility index (Phi) is 4.95. The summed E-state index contributed by atoms with van der Waals surface area (Å²) in [5, 5.41) is 12.3. The summed E-state index contributed by atoms with van der Waals surface area (Å²) in [6, 6.07) is 20.0. The number of halogens is 1. The maximum absolute atomic E-state index is 10.7. The number of nitrogens with two attached hydrogens (primary N) is 1. The predicted molar refractivity (Wildman–Crippen MR) is 102 cm³/mol. The standard InChI is InChI=1S/C19H16ClN3O2/c20-17(12-13-8-10-15(11-9-13)23(24)25)19(21)22-18-7-3-5-14-4-1-2-6-16(14)18/h1-11,17H,12H2,(H2,21,22)/t17-/m0/s1. The average Bonchev–Trinajstić information content (AvgIpc) is 2.62. The lowest BCUT2D eigenvalue weighted by molar-refractivity contribution is -0.384. The van der Waals surface area contributed by atoms with Gasteiger partial charge in [0.05, 0.1) is 16.0 Å². The lowest BCUT2D eigenvalue weighted by Crippen LogP contribution is -2.25. The van der Waals surface area contributed by atoms with Crippen molar-refractivity contribution >= 4 is 39.6 Å². The zero-order valence-electron chi connectivity index (χ0n) is 13.3. The summed E-state index contributed by atoms with van der Waals surface area (Å²) < 4.78 is 0. The molecule has 0 saturated heterocycles. The monoisotopic (exact) mass is 353 g/mol. The number of nitro groups is 1. The van der Waals surface area contributed by atoms with Crippen molar-refractivity contribution in [3.63, 3.8) is 0 Å². The van der Waals surface area contributed by atoms with Crippen LogP contribution in [0.1, 0.15) is 5.56 Å². The molecule has 3 rings (SSSR count). The number of hydrogen-bond acceptors (Lipinski definition) is 3. The molecule has 126 valence electrons. The molecule has 5 nitrogen and oxygen atoms in total. The first-order valence-corrected chi connectivity index (χ1v) is 8.17. The van der Waals surface area contributed by atoms with Gasteiger partial charge < -0.3 is 5.73 Å². The molecule has 0 aliphatic heterocycles. The molecule has 25 heavy (non-hydrogen) atoms. The van der Waals surface area contributed by atoms with Gasteiger partial charge in [0, 0.05) is 17.5 Å². The maximum atomic E-state index is 10.7. The summed E-state index contributed by atoms with van der Waals surface area (Å²) in [5.41, 5.74) is 7.76. The van der Waals surface area contributed by atoms with Crippen molar-refractivity contribution in [1.82, 2.24) is 0 Å². The number of alkyl halides is 1. The number of rotatable bonds is 5. The molecular formula is C19H16ClN3O2. The van der Waals surface area contributed by atoms with Crippen LogP contribution in [0.15, 0.2) is 71.7 Å². The van der Waals surface area contributed by atoms with Crippen molar-refractivity contribution in [3.05, 3.63) is 82.4 Å². The van der Waals surface area contributed by atoms with E-state index in [-0.39, 0.29) is 5.69 Å². The molecule has 0 saturated carbocycles. The minimum Gasteiger partial charge on any atom is -0.386 e. The van der Waals surface area contributed by atoms with Crippen LogP contribution in [-0.2, 0) is 6.42 Å². The number of nitrogens with zero attached hydrogens (tertiary/aromatic N) is 2. The van der Waals surface area contributed by atoms with Crippen LogP contribution in [0.2, 0.25) is 0 Å². The van der Waals surface area contributed by atoms with E-state index in [1.807, 2.05) is 42.5 Å². The number of hydrogen-bond donors (Lipinski definition) is 1. The normalized spacial score (nSPS) is 12.9. The highest BCUT2D eigenvalue weighted by atomic mass is 35.5. The molecule has 0 bridgehead atoms. The summed E-state index contributed by atoms with van der Waals surface area (Å²) in [6.45, 7) is 0. The number of aliphatic imine (C=N–C) groups is 1. The smallest absolute Gasteiger partial charge is 0.269 e. The average molecular weight is 354 g/mol. The number of benzene rings is 3. The van der Waals surface area contributed by atoms with Crippen molar-refractivity contribution in [2.75, 3.05) is 0 Å². The summed E-state index contributed by atoms with van der Waals surface area (Å²) in [7, 11) is 0. The molecular weight excluding hydrogens is 338 g/mol. The topological polar surface area (TPSA) is 81.5 Å². The van der Waals surface area contributed by atoms with E-state index >= 15 is 0 Å². The highest BCUT2D eigenvalue weighted by Gasteiger charge is 2.13. The second-order valence-corrected chi connectivity index (χ2v) is 6.16. The Morgan fingerprint density at radius 3 is 2.48 bits per heavy atom. The highest BCUT2D eigenvalue weighted by molar-refractivity contribution is 6.31. The molecule has 0 unspecified atom stereocenters. The summed E-state index contributed by atoms with van der Waals surface area (Å²) in [6.07, 6.45) is 0.444. The van der Waals surface area contributed by atoms with Gasteiger partial charge in [-0.25, -0.2) is 4.99 Å². The number of non-ortho nitro benzene ring substituents is 1. The first kappa shape index (κ1) is 16.9. The molecule has 0 fully saturated rings. The molecule has 6 heteroatoms. The van der Waals surface area contributed by atoms with Crippen LogP contribution < -0.4 is 5.73 Å². The van der Waals surface area contributed by atoms with E-state index in [0.29, 0.717) is 12.3 Å². The van der Waals surface area contributed by atoms with Crippen molar-refractivity contribution in [1.29, 1.82) is 0 Å². The van der Waals surface area contributed by atoms with E-state index in [9.17, 15) is 10.1 Å². The lowest BCUT2D eigenvalue weighted by Gasteiger charge is -2.10. The van der Waals surface area contributed by atoms with Crippen molar-refractivity contribution in [3.8, 4) is 0 Å². The van der Waals surface area contributed by atoms with Gasteiger partial charge in [0.1, 0.15) is 5.84 Å². The Bertz CT molecular complexity index is 934. The zero-order valence-corrected chi connectivity index (χ0v) is 14.1. The van der Waals surface area contributed by atoms with Crippen LogP contribution in [0.25, 0.3) is 10.8 Å². The molecule has 0 aliphatic carbocycles. The zero-order chi connectivity index (χ0) is 17.8. The second-order valence-electron chi connectivity index (χ2n) is 5.63. The molecule has 1 atom stereocenters. The lowest BCUT2D eigenvalue weighted by atomic mass is 10.1. The molecule has 3 aromatic carbocycles. The van der Waals surface area contributed by atoms with Crippen LogP contribution in [0.5, 0.6) is 0 Å². The van der Waals surface area contributed by atoms with E-state index in [1.165, 1.54) is 12.1 Å². The van der Waals surface area contributed by atoms with Crippen LogP contribution >= 0.6 is 11.6 Å². The fourth-order valence-electron chi connectivity index (χ4n) is 2.58. The van der Waals surface area contributed by atoms with E-state index in [1.54, 1.807) is 12.1 Å². The van der Waals surface area contributed by atoms with Gasteiger partial charge in [-0.3, -0.25) is 10.1 Å². The van der Waals surface area contributed by atoms with Crippen molar-refractivity contribution < 1.29 is 4.92 Å². The van der Waals surface area contributed by atoms with Crippen LogP contribution in [-0.4, -0.2) is 16.1 Å². The van der Waals surface area contributed by atoms with Gasteiger partial charge in [-0.1, -0.05) is 48.5 Å². The Labute approximate surface area is 149 Å². The van der Waals surface area contributed by atoms with Crippen LogP contribution in [0.4, 0.5) is 11.4 Å². The van der Waals surface area contributed by atoms with Gasteiger partial charge in [0.25, 0.3) is 5.69 Å². The first-order chi connectivity index (χ1) is 12.0. The summed E-state index contributed by atoms with van der Waals surface area (Å²) >= 11 is 6.38. The molecule has 3 aromatic rings. The van der Waals surface area contributed by atoms with E-state index < -0.39 is 10.3 Å². The molecule has 2 N–H and O–H groups in total. The summed E-state index contributed by atoms with van der Waals surface area (Å²) in [5.74, 6) is 0.316. The van der Waals surface area contributed by atoms with Crippen LogP contribution in [0.3, 0.4) is 0 Å². The van der Waals surface area contributed by atoms with Crippen molar-refractivity contribution in [2.24, 2.45) is 10.7 Å². The fourth-order valence-corrected chi connectivity index (χ4v) is 2.81. The molecule has 0 amide bonds. The first-order valence-electron chi connectivity index (χ1n) is 7.74. The Morgan fingerprint density at radius 1 is 1.08 bits per heavy atom. The van der Waals surface area contributed by atoms with Crippen LogP contribution in [0, 0.1) is 10.1 Å². The number of fused-ring (bicyclic) bond motifs is 1. The van der Waals surface area contributed by atoms with E-state index in [4.69, 9.17) is 17.3 Å². The van der Waals surface area contributed by atoms with Gasteiger partial charge in [-0.15, -0.1) is 11.6 Å². The second kappa shape index (κ2) is 7.32. The highest BCUT2D eigenvalue weighted by Crippen LogP contribution is 2.26. The number of nitro benzene ring substituents is 1. The van der Waals surface area contributed by atoms with Gasteiger partial charge in [0.15, 0.2) is 0 Å². The SMILES string of the molecule is NC(=Nc1cccc2ccccc12)[C@@H](Cl)Cc1ccc([N+](=O)[O-])cc1. The third-order valence-corrected chi connectivity index (χ3v) is 4.28. The van der Waals surface area contributed by atoms with E-state index in [0.717, 1.165) is 22.0 Å². The fraction of sp³-hybridized carbons (Fsp3) is 0.105. The quantitative estimate of drug-likeness (QED) is 0.239.